The van der Waals surface area contributed by atoms with E-state index in [0.29, 0.717) is 17.5 Å². The maximum atomic E-state index is 11.9. The molecule has 2 rings (SSSR count). The Morgan fingerprint density at radius 1 is 1.24 bits per heavy atom. The van der Waals surface area contributed by atoms with E-state index in [-0.39, 0.29) is 0 Å². The van der Waals surface area contributed by atoms with Crippen molar-refractivity contribution in [3.8, 4) is 0 Å². The van der Waals surface area contributed by atoms with Crippen LogP contribution in [-0.4, -0.2) is 32.5 Å². The lowest BCUT2D eigenvalue weighted by Crippen LogP contribution is -2.28. The van der Waals surface area contributed by atoms with Crippen LogP contribution in [0.2, 0.25) is 0 Å². The van der Waals surface area contributed by atoms with Crippen LogP contribution in [0.4, 0.5) is 5.69 Å². The molecule has 21 heavy (non-hydrogen) atoms. The van der Waals surface area contributed by atoms with E-state index in [1.807, 2.05) is 23.9 Å². The summed E-state index contributed by atoms with van der Waals surface area (Å²) in [6, 6.07) is 7.52. The van der Waals surface area contributed by atoms with E-state index in [1.165, 1.54) is 25.7 Å². The number of rotatable bonds is 6. The molecule has 2 unspecified atom stereocenters. The average Bonchev–Trinajstić information content (AvgIpc) is 2.48. The first kappa shape index (κ1) is 16.6. The van der Waals surface area contributed by atoms with Crippen molar-refractivity contribution in [2.75, 3.05) is 18.1 Å². The zero-order valence-electron chi connectivity index (χ0n) is 12.6. The standard InChI is InChI=1S/C15H24N2O2S2/c1-3-16-21(18,19)15-9-7-12(8-10-15)17-13-5-4-6-14(11-13)20-2/h7-10,13-14,16-17H,3-6,11H2,1-2H3. The van der Waals surface area contributed by atoms with E-state index in [2.05, 4.69) is 16.3 Å². The molecule has 4 nitrogen and oxygen atoms in total. The van der Waals surface area contributed by atoms with E-state index < -0.39 is 10.0 Å². The summed E-state index contributed by atoms with van der Waals surface area (Å²) in [7, 11) is -3.35. The van der Waals surface area contributed by atoms with Crippen molar-refractivity contribution in [2.24, 2.45) is 0 Å². The molecule has 0 bridgehead atoms. The third kappa shape index (κ3) is 4.63. The van der Waals surface area contributed by atoms with Gasteiger partial charge >= 0.3 is 0 Å². The predicted molar refractivity (Wildman–Crippen MR) is 90.5 cm³/mol. The maximum Gasteiger partial charge on any atom is 0.240 e. The number of benzene rings is 1. The van der Waals surface area contributed by atoms with Crippen LogP contribution in [0.1, 0.15) is 32.6 Å². The van der Waals surface area contributed by atoms with Crippen molar-refractivity contribution in [3.63, 3.8) is 0 Å². The summed E-state index contributed by atoms with van der Waals surface area (Å²) >= 11 is 1.94. The van der Waals surface area contributed by atoms with Crippen molar-refractivity contribution < 1.29 is 8.42 Å². The fraction of sp³-hybridized carbons (Fsp3) is 0.600. The molecule has 2 atom stereocenters. The highest BCUT2D eigenvalue weighted by Gasteiger charge is 2.21. The Balaban J connectivity index is 1.99. The number of nitrogens with one attached hydrogen (secondary N) is 2. The topological polar surface area (TPSA) is 58.2 Å². The largest absolute Gasteiger partial charge is 0.382 e. The third-order valence-electron chi connectivity index (χ3n) is 3.83. The molecule has 6 heteroatoms. The third-order valence-corrected chi connectivity index (χ3v) is 6.49. The Kier molecular flexibility index (Phi) is 5.96. The summed E-state index contributed by atoms with van der Waals surface area (Å²) < 4.78 is 26.3. The summed E-state index contributed by atoms with van der Waals surface area (Å²) in [5.41, 5.74) is 0.997. The molecule has 0 amide bonds. The normalized spacial score (nSPS) is 23.0. The Morgan fingerprint density at radius 3 is 2.57 bits per heavy atom. The van der Waals surface area contributed by atoms with Crippen LogP contribution in [0, 0.1) is 0 Å². The van der Waals surface area contributed by atoms with Gasteiger partial charge in [0, 0.05) is 23.5 Å². The molecule has 0 aliphatic heterocycles. The Hall–Kier alpha value is -0.720. The van der Waals surface area contributed by atoms with Gasteiger partial charge in [0.1, 0.15) is 0 Å². The van der Waals surface area contributed by atoms with Crippen LogP contribution < -0.4 is 10.0 Å². The van der Waals surface area contributed by atoms with Gasteiger partial charge in [-0.3, -0.25) is 0 Å². The molecule has 0 heterocycles. The molecule has 1 aromatic carbocycles. The smallest absolute Gasteiger partial charge is 0.240 e. The molecule has 1 saturated carbocycles. The van der Waals surface area contributed by atoms with Gasteiger partial charge in [-0.05, 0) is 49.8 Å². The van der Waals surface area contributed by atoms with E-state index >= 15 is 0 Å². The highest BCUT2D eigenvalue weighted by atomic mass is 32.2. The monoisotopic (exact) mass is 328 g/mol. The van der Waals surface area contributed by atoms with E-state index in [9.17, 15) is 8.42 Å². The first-order valence-electron chi connectivity index (χ1n) is 7.44. The number of hydrogen-bond donors (Lipinski definition) is 2. The fourth-order valence-electron chi connectivity index (χ4n) is 2.73. The molecule has 1 fully saturated rings. The zero-order chi connectivity index (χ0) is 15.3. The van der Waals surface area contributed by atoms with Gasteiger partial charge in [0.2, 0.25) is 10.0 Å². The Labute approximate surface area is 132 Å². The van der Waals surface area contributed by atoms with E-state index in [4.69, 9.17) is 0 Å². The molecule has 1 aliphatic carbocycles. The van der Waals surface area contributed by atoms with Gasteiger partial charge in [0.15, 0.2) is 0 Å². The molecular formula is C15H24N2O2S2. The quantitative estimate of drug-likeness (QED) is 0.842. The summed E-state index contributed by atoms with van der Waals surface area (Å²) in [5, 5.41) is 4.27. The minimum Gasteiger partial charge on any atom is -0.382 e. The van der Waals surface area contributed by atoms with Crippen LogP contribution in [0.15, 0.2) is 29.2 Å². The van der Waals surface area contributed by atoms with Crippen molar-refractivity contribution in [1.29, 1.82) is 0 Å². The van der Waals surface area contributed by atoms with E-state index in [0.717, 1.165) is 10.9 Å². The number of anilines is 1. The van der Waals surface area contributed by atoms with Gasteiger partial charge in [0.25, 0.3) is 0 Å². The van der Waals surface area contributed by atoms with Crippen LogP contribution >= 0.6 is 11.8 Å². The van der Waals surface area contributed by atoms with Crippen molar-refractivity contribution in [3.05, 3.63) is 24.3 Å². The first-order valence-corrected chi connectivity index (χ1v) is 10.2. The van der Waals surface area contributed by atoms with E-state index in [1.54, 1.807) is 19.1 Å². The number of hydrogen-bond acceptors (Lipinski definition) is 4. The summed E-state index contributed by atoms with van der Waals surface area (Å²) in [5.74, 6) is 0. The second-order valence-electron chi connectivity index (χ2n) is 5.39. The molecule has 1 aliphatic rings. The molecule has 118 valence electrons. The SMILES string of the molecule is CCNS(=O)(=O)c1ccc(NC2CCCC(SC)C2)cc1. The average molecular weight is 329 g/mol. The van der Waals surface area contributed by atoms with Gasteiger partial charge in [0.05, 0.1) is 4.90 Å². The second kappa shape index (κ2) is 7.51. The molecule has 1 aromatic rings. The fourth-order valence-corrected chi connectivity index (χ4v) is 4.60. The summed E-state index contributed by atoms with van der Waals surface area (Å²) in [6.45, 7) is 2.18. The van der Waals surface area contributed by atoms with Gasteiger partial charge in [-0.15, -0.1) is 0 Å². The van der Waals surface area contributed by atoms with Crippen LogP contribution in [-0.2, 0) is 10.0 Å². The molecule has 0 radical (unpaired) electrons. The predicted octanol–water partition coefficient (Wildman–Crippen LogP) is 3.07. The maximum absolute atomic E-state index is 11.9. The van der Waals surface area contributed by atoms with Gasteiger partial charge < -0.3 is 5.32 Å². The molecule has 0 saturated heterocycles. The van der Waals surface area contributed by atoms with Crippen molar-refractivity contribution in [1.82, 2.24) is 4.72 Å². The molecule has 0 aromatic heterocycles. The highest BCUT2D eigenvalue weighted by molar-refractivity contribution is 7.99. The van der Waals surface area contributed by atoms with Crippen LogP contribution in [0.3, 0.4) is 0 Å². The van der Waals surface area contributed by atoms with Gasteiger partial charge in [-0.25, -0.2) is 13.1 Å². The van der Waals surface area contributed by atoms with Gasteiger partial charge in [-0.2, -0.15) is 11.8 Å². The number of sulfonamides is 1. The highest BCUT2D eigenvalue weighted by Crippen LogP contribution is 2.29. The first-order chi connectivity index (χ1) is 10.0. The molecule has 0 spiro atoms. The lowest BCUT2D eigenvalue weighted by atomic mass is 9.95. The zero-order valence-corrected chi connectivity index (χ0v) is 14.3. The Bertz CT molecular complexity index is 543. The second-order valence-corrected chi connectivity index (χ2v) is 8.30. The Morgan fingerprint density at radius 2 is 1.95 bits per heavy atom. The lowest BCUT2D eigenvalue weighted by Gasteiger charge is -2.29. The minimum absolute atomic E-state index is 0.320. The molecular weight excluding hydrogens is 304 g/mol. The van der Waals surface area contributed by atoms with Gasteiger partial charge in [-0.1, -0.05) is 13.3 Å². The summed E-state index contributed by atoms with van der Waals surface area (Å²) in [6.07, 6.45) is 7.11. The number of thioether (sulfide) groups is 1. The molecule has 2 N–H and O–H groups in total. The lowest BCUT2D eigenvalue weighted by molar-refractivity contribution is 0.473. The minimum atomic E-state index is -3.35. The van der Waals surface area contributed by atoms with Crippen molar-refractivity contribution in [2.45, 2.75) is 48.8 Å². The van der Waals surface area contributed by atoms with Crippen LogP contribution in [0.25, 0.3) is 0 Å². The van der Waals surface area contributed by atoms with Crippen molar-refractivity contribution >= 4 is 27.5 Å². The summed E-state index contributed by atoms with van der Waals surface area (Å²) in [4.78, 5) is 0.320. The van der Waals surface area contributed by atoms with Crippen LogP contribution in [0.5, 0.6) is 0 Å².